The van der Waals surface area contributed by atoms with Crippen LogP contribution in [0, 0.1) is 0 Å². The zero-order chi connectivity index (χ0) is 14.8. The average Bonchev–Trinajstić information content (AvgIpc) is 2.84. The Hall–Kier alpha value is -2.09. The number of hydrogen-bond acceptors (Lipinski definition) is 3. The summed E-state index contributed by atoms with van der Waals surface area (Å²) in [5.74, 6) is -0.656. The summed E-state index contributed by atoms with van der Waals surface area (Å²) in [7, 11) is 0. The highest BCUT2D eigenvalue weighted by atomic mass is 19.4. The number of alkyl halides is 3. The number of aromatic amines is 1. The van der Waals surface area contributed by atoms with Gasteiger partial charge in [-0.3, -0.25) is 9.89 Å². The second kappa shape index (κ2) is 5.49. The van der Waals surface area contributed by atoms with Gasteiger partial charge in [-0.25, -0.2) is 0 Å². The van der Waals surface area contributed by atoms with Crippen molar-refractivity contribution in [2.45, 2.75) is 19.2 Å². The number of halogens is 3. The van der Waals surface area contributed by atoms with Crippen molar-refractivity contribution in [2.75, 3.05) is 11.9 Å². The third-order valence-electron chi connectivity index (χ3n) is 2.60. The number of amides is 1. The van der Waals surface area contributed by atoms with Crippen molar-refractivity contribution in [1.29, 1.82) is 0 Å². The molecule has 20 heavy (non-hydrogen) atoms. The van der Waals surface area contributed by atoms with E-state index >= 15 is 0 Å². The van der Waals surface area contributed by atoms with Crippen LogP contribution in [0.15, 0.2) is 24.4 Å². The summed E-state index contributed by atoms with van der Waals surface area (Å²) in [4.78, 5) is 11.8. The van der Waals surface area contributed by atoms with E-state index in [4.69, 9.17) is 0 Å². The summed E-state index contributed by atoms with van der Waals surface area (Å²) in [5, 5.41) is 9.82. The Bertz CT molecular complexity index is 609. The fourth-order valence-electron chi connectivity index (χ4n) is 1.60. The van der Waals surface area contributed by atoms with Crippen molar-refractivity contribution >= 4 is 22.5 Å². The monoisotopic (exact) mass is 287 g/mol. The maximum absolute atomic E-state index is 12.0. The topological polar surface area (TPSA) is 67.0 Å². The van der Waals surface area contributed by atoms with Crippen molar-refractivity contribution < 1.29 is 22.7 Å². The van der Waals surface area contributed by atoms with Crippen molar-refractivity contribution in [2.24, 2.45) is 0 Å². The number of rotatable bonds is 4. The van der Waals surface area contributed by atoms with Crippen LogP contribution in [0.1, 0.15) is 6.92 Å². The predicted octanol–water partition coefficient (Wildman–Crippen LogP) is 2.47. The Morgan fingerprint density at radius 2 is 2.25 bits per heavy atom. The molecule has 1 aromatic heterocycles. The number of H-pyrrole nitrogens is 1. The highest BCUT2D eigenvalue weighted by Crippen LogP contribution is 2.21. The molecule has 0 unspecified atom stereocenters. The molecule has 0 aliphatic rings. The van der Waals surface area contributed by atoms with Gasteiger partial charge in [-0.15, -0.1) is 0 Å². The van der Waals surface area contributed by atoms with E-state index in [-0.39, 0.29) is 0 Å². The van der Waals surface area contributed by atoms with Crippen LogP contribution in [0.2, 0.25) is 0 Å². The molecular formula is C12H12F3N3O2. The van der Waals surface area contributed by atoms with Crippen molar-refractivity contribution in [3.8, 4) is 0 Å². The number of carbonyl (C=O) groups is 1. The minimum atomic E-state index is -4.46. The van der Waals surface area contributed by atoms with Gasteiger partial charge in [-0.2, -0.15) is 18.3 Å². The molecule has 0 saturated carbocycles. The lowest BCUT2D eigenvalue weighted by molar-refractivity contribution is -0.184. The quantitative estimate of drug-likeness (QED) is 0.907. The normalized spacial score (nSPS) is 13.4. The van der Waals surface area contributed by atoms with Gasteiger partial charge in [0.25, 0.3) is 5.91 Å². The maximum Gasteiger partial charge on any atom is 0.411 e. The third-order valence-corrected chi connectivity index (χ3v) is 2.60. The molecule has 2 N–H and O–H groups in total. The van der Waals surface area contributed by atoms with Gasteiger partial charge in [0.15, 0.2) is 0 Å². The second-order valence-corrected chi connectivity index (χ2v) is 4.20. The van der Waals surface area contributed by atoms with Crippen LogP contribution in [-0.4, -0.2) is 35.0 Å². The molecule has 2 rings (SSSR count). The number of nitrogens with one attached hydrogen (secondary N) is 2. The molecule has 2 aromatic rings. The van der Waals surface area contributed by atoms with Gasteiger partial charge < -0.3 is 10.1 Å². The number of aromatic nitrogens is 2. The Kier molecular flexibility index (Phi) is 3.93. The molecule has 1 atom stereocenters. The maximum atomic E-state index is 12.0. The van der Waals surface area contributed by atoms with E-state index < -0.39 is 24.8 Å². The highest BCUT2D eigenvalue weighted by Gasteiger charge is 2.30. The molecule has 1 aromatic carbocycles. The van der Waals surface area contributed by atoms with Gasteiger partial charge in [-0.05, 0) is 13.0 Å². The van der Waals surface area contributed by atoms with E-state index in [0.29, 0.717) is 11.2 Å². The fraction of sp³-hybridized carbons (Fsp3) is 0.333. The van der Waals surface area contributed by atoms with Crippen LogP contribution < -0.4 is 5.32 Å². The Morgan fingerprint density at radius 3 is 2.95 bits per heavy atom. The van der Waals surface area contributed by atoms with Crippen LogP contribution in [-0.2, 0) is 9.53 Å². The molecule has 1 amide bonds. The van der Waals surface area contributed by atoms with Crippen LogP contribution in [0.4, 0.5) is 18.9 Å². The zero-order valence-electron chi connectivity index (χ0n) is 10.5. The molecule has 108 valence electrons. The van der Waals surface area contributed by atoms with E-state index in [9.17, 15) is 18.0 Å². The summed E-state index contributed by atoms with van der Waals surface area (Å²) in [6, 6.07) is 5.11. The number of anilines is 1. The molecule has 0 bridgehead atoms. The Labute approximate surface area is 112 Å². The summed E-state index contributed by atoms with van der Waals surface area (Å²) < 4.78 is 40.5. The standard InChI is InChI=1S/C12H12F3N3O2/c1-7(20-6-12(13,14)15)11(19)17-9-4-2-3-8-5-16-18-10(8)9/h2-5,7H,6H2,1H3,(H,16,18)(H,17,19)/t7-/m0/s1. The van der Waals surface area contributed by atoms with Crippen molar-refractivity contribution in [3.63, 3.8) is 0 Å². The summed E-state index contributed by atoms with van der Waals surface area (Å²) in [6.07, 6.45) is -4.10. The predicted molar refractivity (Wildman–Crippen MR) is 66.2 cm³/mol. The first-order valence-corrected chi connectivity index (χ1v) is 5.78. The lowest BCUT2D eigenvalue weighted by atomic mass is 10.2. The molecule has 1 heterocycles. The lowest BCUT2D eigenvalue weighted by Crippen LogP contribution is -2.31. The minimum Gasteiger partial charge on any atom is -0.359 e. The first-order chi connectivity index (χ1) is 9.37. The molecular weight excluding hydrogens is 275 g/mol. The first-order valence-electron chi connectivity index (χ1n) is 5.78. The lowest BCUT2D eigenvalue weighted by Gasteiger charge is -2.15. The highest BCUT2D eigenvalue weighted by molar-refractivity contribution is 6.01. The van der Waals surface area contributed by atoms with E-state index in [1.165, 1.54) is 6.92 Å². The molecule has 0 saturated heterocycles. The largest absolute Gasteiger partial charge is 0.411 e. The van der Waals surface area contributed by atoms with E-state index in [0.717, 1.165) is 5.39 Å². The molecule has 0 fully saturated rings. The molecule has 0 aliphatic carbocycles. The van der Waals surface area contributed by atoms with Gasteiger partial charge in [0.2, 0.25) is 0 Å². The third kappa shape index (κ3) is 3.47. The van der Waals surface area contributed by atoms with Crippen LogP contribution in [0.5, 0.6) is 0 Å². The number of hydrogen-bond donors (Lipinski definition) is 2. The Balaban J connectivity index is 2.02. The smallest absolute Gasteiger partial charge is 0.359 e. The second-order valence-electron chi connectivity index (χ2n) is 4.20. The molecule has 0 aliphatic heterocycles. The van der Waals surface area contributed by atoms with Crippen molar-refractivity contribution in [1.82, 2.24) is 10.2 Å². The molecule has 8 heteroatoms. The first kappa shape index (κ1) is 14.3. The fourth-order valence-corrected chi connectivity index (χ4v) is 1.60. The Morgan fingerprint density at radius 1 is 1.50 bits per heavy atom. The molecule has 0 radical (unpaired) electrons. The number of ether oxygens (including phenoxy) is 1. The number of carbonyl (C=O) groups excluding carboxylic acids is 1. The minimum absolute atomic E-state index is 0.437. The SMILES string of the molecule is C[C@H](OCC(F)(F)F)C(=O)Nc1cccc2cn[nH]c12. The van der Waals surface area contributed by atoms with Gasteiger partial charge in [-0.1, -0.05) is 12.1 Å². The van der Waals surface area contributed by atoms with E-state index in [1.54, 1.807) is 24.4 Å². The van der Waals surface area contributed by atoms with Gasteiger partial charge >= 0.3 is 6.18 Å². The van der Waals surface area contributed by atoms with Gasteiger partial charge in [0, 0.05) is 5.39 Å². The number of benzene rings is 1. The summed E-state index contributed by atoms with van der Waals surface area (Å²) in [5.41, 5.74) is 1.04. The zero-order valence-corrected chi connectivity index (χ0v) is 10.5. The van der Waals surface area contributed by atoms with Crippen LogP contribution in [0.25, 0.3) is 10.9 Å². The summed E-state index contributed by atoms with van der Waals surface area (Å²) >= 11 is 0. The number of nitrogens with zero attached hydrogens (tertiary/aromatic N) is 1. The van der Waals surface area contributed by atoms with Gasteiger partial charge in [0.1, 0.15) is 12.7 Å². The van der Waals surface area contributed by atoms with Crippen LogP contribution in [0.3, 0.4) is 0 Å². The van der Waals surface area contributed by atoms with E-state index in [2.05, 4.69) is 20.3 Å². The summed E-state index contributed by atoms with van der Waals surface area (Å²) in [6.45, 7) is -0.204. The van der Waals surface area contributed by atoms with Crippen molar-refractivity contribution in [3.05, 3.63) is 24.4 Å². The van der Waals surface area contributed by atoms with Crippen LogP contribution >= 0.6 is 0 Å². The average molecular weight is 287 g/mol. The molecule has 0 spiro atoms. The molecule has 5 nitrogen and oxygen atoms in total. The van der Waals surface area contributed by atoms with Gasteiger partial charge in [0.05, 0.1) is 17.4 Å². The van der Waals surface area contributed by atoms with E-state index in [1.807, 2.05) is 0 Å². The number of fused-ring (bicyclic) bond motifs is 1. The number of para-hydroxylation sites is 1.